The summed E-state index contributed by atoms with van der Waals surface area (Å²) in [5.74, 6) is 0. The summed E-state index contributed by atoms with van der Waals surface area (Å²) in [5.41, 5.74) is 7.61. The molecule has 1 atom stereocenters. The number of hydrogen-bond donors (Lipinski definition) is 2. The molecular formula is C12H18N2O. The van der Waals surface area contributed by atoms with Gasteiger partial charge >= 0.3 is 0 Å². The zero-order valence-electron chi connectivity index (χ0n) is 8.89. The predicted molar refractivity (Wildman–Crippen MR) is 61.9 cm³/mol. The molecule has 1 heterocycles. The average Bonchev–Trinajstić information content (AvgIpc) is 2.81. The first-order valence-corrected chi connectivity index (χ1v) is 5.55. The van der Waals surface area contributed by atoms with Gasteiger partial charge in [0.15, 0.2) is 0 Å². The SMILES string of the molecule is NC[C@H](O)c1ccccc1N1CCCC1. The van der Waals surface area contributed by atoms with E-state index in [1.807, 2.05) is 18.2 Å². The molecule has 1 aliphatic rings. The first-order valence-electron chi connectivity index (χ1n) is 5.55. The first kappa shape index (κ1) is 10.5. The van der Waals surface area contributed by atoms with Gasteiger partial charge in [-0.3, -0.25) is 0 Å². The largest absolute Gasteiger partial charge is 0.387 e. The van der Waals surface area contributed by atoms with Gasteiger partial charge in [-0.25, -0.2) is 0 Å². The summed E-state index contributed by atoms with van der Waals surface area (Å²) in [7, 11) is 0. The fourth-order valence-electron chi connectivity index (χ4n) is 2.14. The molecule has 3 N–H and O–H groups in total. The van der Waals surface area contributed by atoms with Crippen LogP contribution < -0.4 is 10.6 Å². The maximum Gasteiger partial charge on any atom is 0.0932 e. The highest BCUT2D eigenvalue weighted by Crippen LogP contribution is 2.28. The van der Waals surface area contributed by atoms with Crippen molar-refractivity contribution in [3.05, 3.63) is 29.8 Å². The highest BCUT2D eigenvalue weighted by atomic mass is 16.3. The van der Waals surface area contributed by atoms with Crippen molar-refractivity contribution in [1.29, 1.82) is 0 Å². The van der Waals surface area contributed by atoms with Gasteiger partial charge in [0.25, 0.3) is 0 Å². The molecule has 0 bridgehead atoms. The number of benzene rings is 1. The molecule has 0 radical (unpaired) electrons. The Kier molecular flexibility index (Phi) is 3.23. The lowest BCUT2D eigenvalue weighted by atomic mass is 10.1. The van der Waals surface area contributed by atoms with Gasteiger partial charge in [-0.05, 0) is 18.9 Å². The summed E-state index contributed by atoms with van der Waals surface area (Å²) in [6, 6.07) is 8.00. The molecule has 0 spiro atoms. The highest BCUT2D eigenvalue weighted by molar-refractivity contribution is 5.55. The molecule has 82 valence electrons. The van der Waals surface area contributed by atoms with Gasteiger partial charge in [0, 0.05) is 30.9 Å². The van der Waals surface area contributed by atoms with Gasteiger partial charge in [-0.2, -0.15) is 0 Å². The lowest BCUT2D eigenvalue weighted by Crippen LogP contribution is -2.22. The van der Waals surface area contributed by atoms with E-state index in [0.29, 0.717) is 0 Å². The number of rotatable bonds is 3. The zero-order valence-corrected chi connectivity index (χ0v) is 8.89. The van der Waals surface area contributed by atoms with Crippen molar-refractivity contribution < 1.29 is 5.11 Å². The summed E-state index contributed by atoms with van der Waals surface area (Å²) in [4.78, 5) is 2.33. The van der Waals surface area contributed by atoms with Crippen LogP contribution in [-0.2, 0) is 0 Å². The molecule has 1 aliphatic heterocycles. The van der Waals surface area contributed by atoms with Gasteiger partial charge in [-0.15, -0.1) is 0 Å². The van der Waals surface area contributed by atoms with Crippen molar-refractivity contribution in [2.24, 2.45) is 5.73 Å². The molecule has 0 aromatic heterocycles. The third kappa shape index (κ3) is 2.13. The quantitative estimate of drug-likeness (QED) is 0.783. The maximum atomic E-state index is 9.82. The van der Waals surface area contributed by atoms with Crippen molar-refractivity contribution in [3.8, 4) is 0 Å². The van der Waals surface area contributed by atoms with Crippen LogP contribution in [0, 0.1) is 0 Å². The minimum Gasteiger partial charge on any atom is -0.387 e. The zero-order chi connectivity index (χ0) is 10.7. The van der Waals surface area contributed by atoms with Crippen LogP contribution in [0.15, 0.2) is 24.3 Å². The van der Waals surface area contributed by atoms with Crippen molar-refractivity contribution in [2.75, 3.05) is 24.5 Å². The Bertz CT molecular complexity index is 321. The minimum atomic E-state index is -0.540. The van der Waals surface area contributed by atoms with Gasteiger partial charge in [0.05, 0.1) is 6.10 Å². The Hall–Kier alpha value is -1.06. The third-order valence-corrected chi connectivity index (χ3v) is 2.97. The number of nitrogens with zero attached hydrogens (tertiary/aromatic N) is 1. The molecule has 3 nitrogen and oxygen atoms in total. The summed E-state index contributed by atoms with van der Waals surface area (Å²) in [6.45, 7) is 2.47. The molecule has 15 heavy (non-hydrogen) atoms. The first-order chi connectivity index (χ1) is 7.33. The number of anilines is 1. The van der Waals surface area contributed by atoms with E-state index in [0.717, 1.165) is 24.3 Å². The van der Waals surface area contributed by atoms with Crippen LogP contribution in [0.25, 0.3) is 0 Å². The van der Waals surface area contributed by atoms with E-state index in [2.05, 4.69) is 11.0 Å². The Morgan fingerprint density at radius 3 is 2.60 bits per heavy atom. The summed E-state index contributed by atoms with van der Waals surface area (Å²) in [5, 5.41) is 9.82. The summed E-state index contributed by atoms with van der Waals surface area (Å²) < 4.78 is 0. The van der Waals surface area contributed by atoms with Crippen LogP contribution in [-0.4, -0.2) is 24.7 Å². The lowest BCUT2D eigenvalue weighted by Gasteiger charge is -2.23. The van der Waals surface area contributed by atoms with Crippen LogP contribution in [0.4, 0.5) is 5.69 Å². The topological polar surface area (TPSA) is 49.5 Å². The van der Waals surface area contributed by atoms with E-state index in [4.69, 9.17) is 5.73 Å². The van der Waals surface area contributed by atoms with E-state index >= 15 is 0 Å². The molecule has 0 amide bonds. The number of nitrogens with two attached hydrogens (primary N) is 1. The number of aliphatic hydroxyl groups excluding tert-OH is 1. The van der Waals surface area contributed by atoms with Crippen LogP contribution in [0.2, 0.25) is 0 Å². The van der Waals surface area contributed by atoms with E-state index in [9.17, 15) is 5.11 Å². The van der Waals surface area contributed by atoms with Crippen LogP contribution in [0.1, 0.15) is 24.5 Å². The molecule has 0 unspecified atom stereocenters. The van der Waals surface area contributed by atoms with Crippen molar-refractivity contribution >= 4 is 5.69 Å². The maximum absolute atomic E-state index is 9.82. The molecule has 1 saturated heterocycles. The smallest absolute Gasteiger partial charge is 0.0932 e. The van der Waals surface area contributed by atoms with E-state index < -0.39 is 6.10 Å². The Morgan fingerprint density at radius 2 is 1.93 bits per heavy atom. The predicted octanol–water partition coefficient (Wildman–Crippen LogP) is 1.28. The Labute approximate surface area is 90.5 Å². The molecule has 3 heteroatoms. The van der Waals surface area contributed by atoms with Crippen LogP contribution in [0.3, 0.4) is 0 Å². The number of aliphatic hydroxyl groups is 1. The van der Waals surface area contributed by atoms with Crippen LogP contribution in [0.5, 0.6) is 0 Å². The Morgan fingerprint density at radius 1 is 1.27 bits per heavy atom. The van der Waals surface area contributed by atoms with E-state index in [-0.39, 0.29) is 6.54 Å². The second-order valence-electron chi connectivity index (χ2n) is 4.00. The van der Waals surface area contributed by atoms with Gasteiger partial charge in [-0.1, -0.05) is 18.2 Å². The highest BCUT2D eigenvalue weighted by Gasteiger charge is 2.18. The molecule has 0 saturated carbocycles. The van der Waals surface area contributed by atoms with Gasteiger partial charge in [0.2, 0.25) is 0 Å². The van der Waals surface area contributed by atoms with E-state index in [1.165, 1.54) is 12.8 Å². The van der Waals surface area contributed by atoms with E-state index in [1.54, 1.807) is 0 Å². The molecular weight excluding hydrogens is 188 g/mol. The fourth-order valence-corrected chi connectivity index (χ4v) is 2.14. The normalized spacial score (nSPS) is 18.1. The van der Waals surface area contributed by atoms with Crippen molar-refractivity contribution in [2.45, 2.75) is 18.9 Å². The lowest BCUT2D eigenvalue weighted by molar-refractivity contribution is 0.187. The monoisotopic (exact) mass is 206 g/mol. The minimum absolute atomic E-state index is 0.283. The van der Waals surface area contributed by atoms with Crippen molar-refractivity contribution in [3.63, 3.8) is 0 Å². The van der Waals surface area contributed by atoms with Gasteiger partial charge < -0.3 is 15.7 Å². The molecule has 0 aliphatic carbocycles. The molecule has 1 aromatic rings. The van der Waals surface area contributed by atoms with Crippen LogP contribution >= 0.6 is 0 Å². The standard InChI is InChI=1S/C12H18N2O/c13-9-12(15)10-5-1-2-6-11(10)14-7-3-4-8-14/h1-2,5-6,12,15H,3-4,7-9,13H2/t12-/m0/s1. The molecule has 2 rings (SSSR count). The third-order valence-electron chi connectivity index (χ3n) is 2.97. The molecule has 1 fully saturated rings. The number of para-hydroxylation sites is 1. The molecule has 1 aromatic carbocycles. The summed E-state index contributed by atoms with van der Waals surface area (Å²) in [6.07, 6.45) is 1.95. The summed E-state index contributed by atoms with van der Waals surface area (Å²) >= 11 is 0. The van der Waals surface area contributed by atoms with Gasteiger partial charge in [0.1, 0.15) is 0 Å². The average molecular weight is 206 g/mol. The fraction of sp³-hybridized carbons (Fsp3) is 0.500. The number of hydrogen-bond acceptors (Lipinski definition) is 3. The van der Waals surface area contributed by atoms with Crippen molar-refractivity contribution in [1.82, 2.24) is 0 Å². The second-order valence-corrected chi connectivity index (χ2v) is 4.00. The Balaban J connectivity index is 2.28. The second kappa shape index (κ2) is 4.64.